The van der Waals surface area contributed by atoms with E-state index < -0.39 is 0 Å². The van der Waals surface area contributed by atoms with Crippen molar-refractivity contribution in [2.24, 2.45) is 5.73 Å². The van der Waals surface area contributed by atoms with E-state index in [-0.39, 0.29) is 0 Å². The topological polar surface area (TPSA) is 26.0 Å². The van der Waals surface area contributed by atoms with Gasteiger partial charge in [0.1, 0.15) is 0 Å². The number of unbranched alkanes of at least 4 members (excludes halogenated alkanes) is 7. The standard InChI is InChI=1S/C18H30BrNS/c1-2-3-4-5-6-7-8-9-10-17(20)15-21-18-13-11-16(19)12-14-18/h11-14,17H,2-10,15,20H2,1H3. The maximum absolute atomic E-state index is 6.20. The van der Waals surface area contributed by atoms with Crippen molar-refractivity contribution in [3.63, 3.8) is 0 Å². The van der Waals surface area contributed by atoms with Gasteiger partial charge in [0.15, 0.2) is 0 Å². The summed E-state index contributed by atoms with van der Waals surface area (Å²) in [6, 6.07) is 8.81. The third-order valence-electron chi connectivity index (χ3n) is 3.71. The molecule has 1 aromatic rings. The van der Waals surface area contributed by atoms with Crippen LogP contribution in [0.25, 0.3) is 0 Å². The molecule has 120 valence electrons. The number of rotatable bonds is 12. The smallest absolute Gasteiger partial charge is 0.0176 e. The Hall–Kier alpha value is 0.01000. The van der Waals surface area contributed by atoms with Crippen molar-refractivity contribution >= 4 is 27.7 Å². The summed E-state index contributed by atoms with van der Waals surface area (Å²) in [6.45, 7) is 2.27. The Morgan fingerprint density at radius 2 is 1.52 bits per heavy atom. The van der Waals surface area contributed by atoms with Gasteiger partial charge in [-0.25, -0.2) is 0 Å². The Labute approximate surface area is 143 Å². The molecule has 0 radical (unpaired) electrons. The van der Waals surface area contributed by atoms with Crippen molar-refractivity contribution in [2.45, 2.75) is 75.6 Å². The van der Waals surface area contributed by atoms with Gasteiger partial charge in [0.05, 0.1) is 0 Å². The highest BCUT2D eigenvalue weighted by atomic mass is 79.9. The molecule has 0 heterocycles. The van der Waals surface area contributed by atoms with E-state index in [2.05, 4.69) is 47.1 Å². The van der Waals surface area contributed by atoms with Crippen LogP contribution in [0.15, 0.2) is 33.6 Å². The van der Waals surface area contributed by atoms with Gasteiger partial charge in [-0.15, -0.1) is 11.8 Å². The molecule has 0 aliphatic heterocycles. The Balaban J connectivity index is 1.96. The summed E-state index contributed by atoms with van der Waals surface area (Å²) in [7, 11) is 0. The number of benzene rings is 1. The van der Waals surface area contributed by atoms with E-state index in [1.165, 1.54) is 62.7 Å². The molecule has 0 aliphatic rings. The van der Waals surface area contributed by atoms with Crippen LogP contribution >= 0.6 is 27.7 Å². The van der Waals surface area contributed by atoms with Crippen molar-refractivity contribution in [1.82, 2.24) is 0 Å². The molecule has 0 amide bonds. The van der Waals surface area contributed by atoms with Gasteiger partial charge in [-0.3, -0.25) is 0 Å². The van der Waals surface area contributed by atoms with Gasteiger partial charge >= 0.3 is 0 Å². The van der Waals surface area contributed by atoms with E-state index in [9.17, 15) is 0 Å². The summed E-state index contributed by atoms with van der Waals surface area (Å²) in [6.07, 6.45) is 12.2. The van der Waals surface area contributed by atoms with Crippen LogP contribution < -0.4 is 5.73 Å². The maximum atomic E-state index is 6.20. The lowest BCUT2D eigenvalue weighted by molar-refractivity contribution is 0.543. The van der Waals surface area contributed by atoms with Gasteiger partial charge < -0.3 is 5.73 Å². The van der Waals surface area contributed by atoms with Crippen molar-refractivity contribution in [2.75, 3.05) is 5.75 Å². The number of halogens is 1. The summed E-state index contributed by atoms with van der Waals surface area (Å²) in [5, 5.41) is 0. The minimum atomic E-state index is 0.332. The molecular weight excluding hydrogens is 342 g/mol. The van der Waals surface area contributed by atoms with E-state index in [1.807, 2.05) is 11.8 Å². The molecule has 0 aliphatic carbocycles. The Bertz CT molecular complexity index is 353. The number of hydrogen-bond acceptors (Lipinski definition) is 2. The molecule has 0 fully saturated rings. The normalized spacial score (nSPS) is 12.5. The Kier molecular flexibility index (Phi) is 11.4. The lowest BCUT2D eigenvalue weighted by Crippen LogP contribution is -2.22. The molecule has 1 nitrogen and oxygen atoms in total. The van der Waals surface area contributed by atoms with E-state index >= 15 is 0 Å². The highest BCUT2D eigenvalue weighted by molar-refractivity contribution is 9.10. The summed E-state index contributed by atoms with van der Waals surface area (Å²) in [4.78, 5) is 1.31. The van der Waals surface area contributed by atoms with Crippen molar-refractivity contribution in [1.29, 1.82) is 0 Å². The first-order valence-corrected chi connectivity index (χ1v) is 10.1. The zero-order valence-electron chi connectivity index (χ0n) is 13.3. The molecule has 1 atom stereocenters. The first-order valence-electron chi connectivity index (χ1n) is 8.36. The lowest BCUT2D eigenvalue weighted by atomic mass is 10.1. The second kappa shape index (κ2) is 12.5. The fourth-order valence-corrected chi connectivity index (χ4v) is 3.52. The Morgan fingerprint density at radius 1 is 0.952 bits per heavy atom. The molecule has 21 heavy (non-hydrogen) atoms. The van der Waals surface area contributed by atoms with Crippen LogP contribution in [0.1, 0.15) is 64.7 Å². The minimum absolute atomic E-state index is 0.332. The number of hydrogen-bond donors (Lipinski definition) is 1. The fourth-order valence-electron chi connectivity index (χ4n) is 2.36. The van der Waals surface area contributed by atoms with Gasteiger partial charge in [-0.2, -0.15) is 0 Å². The summed E-state index contributed by atoms with van der Waals surface area (Å²) in [5.74, 6) is 1.03. The van der Waals surface area contributed by atoms with Crippen LogP contribution in [0, 0.1) is 0 Å². The predicted octanol–water partition coefficient (Wildman–Crippen LogP) is 6.40. The third-order valence-corrected chi connectivity index (χ3v) is 5.44. The quantitative estimate of drug-likeness (QED) is 0.339. The summed E-state index contributed by atoms with van der Waals surface area (Å²) >= 11 is 5.33. The zero-order chi connectivity index (χ0) is 15.3. The van der Waals surface area contributed by atoms with Crippen molar-refractivity contribution in [3.8, 4) is 0 Å². The average Bonchev–Trinajstić information content (AvgIpc) is 2.49. The van der Waals surface area contributed by atoms with Gasteiger partial charge in [-0.1, -0.05) is 74.2 Å². The molecule has 0 aromatic heterocycles. The molecule has 0 spiro atoms. The first-order chi connectivity index (χ1) is 10.2. The second-order valence-electron chi connectivity index (χ2n) is 5.79. The van der Waals surface area contributed by atoms with Crippen LogP contribution in [0.5, 0.6) is 0 Å². The van der Waals surface area contributed by atoms with Crippen LogP contribution in [0.4, 0.5) is 0 Å². The number of thioether (sulfide) groups is 1. The summed E-state index contributed by atoms with van der Waals surface area (Å²) < 4.78 is 1.13. The van der Waals surface area contributed by atoms with Gasteiger partial charge in [0.2, 0.25) is 0 Å². The molecule has 0 bridgehead atoms. The van der Waals surface area contributed by atoms with Gasteiger partial charge in [0, 0.05) is 21.2 Å². The molecule has 0 saturated heterocycles. The van der Waals surface area contributed by atoms with E-state index in [4.69, 9.17) is 5.73 Å². The molecule has 3 heteroatoms. The third kappa shape index (κ3) is 10.4. The first kappa shape index (κ1) is 19.1. The van der Waals surface area contributed by atoms with E-state index in [1.54, 1.807) is 0 Å². The largest absolute Gasteiger partial charge is 0.327 e. The predicted molar refractivity (Wildman–Crippen MR) is 100 cm³/mol. The SMILES string of the molecule is CCCCCCCCCCC(N)CSc1ccc(Br)cc1. The minimum Gasteiger partial charge on any atom is -0.327 e. The molecule has 1 aromatic carbocycles. The molecular formula is C18H30BrNS. The van der Waals surface area contributed by atoms with Crippen LogP contribution in [0.3, 0.4) is 0 Å². The summed E-state index contributed by atoms with van der Waals surface area (Å²) in [5.41, 5.74) is 6.20. The number of nitrogens with two attached hydrogens (primary N) is 1. The van der Waals surface area contributed by atoms with Crippen LogP contribution in [-0.2, 0) is 0 Å². The van der Waals surface area contributed by atoms with Crippen molar-refractivity contribution in [3.05, 3.63) is 28.7 Å². The molecule has 1 rings (SSSR count). The lowest BCUT2D eigenvalue weighted by Gasteiger charge is -2.11. The highest BCUT2D eigenvalue weighted by Crippen LogP contribution is 2.22. The van der Waals surface area contributed by atoms with E-state index in [0.29, 0.717) is 6.04 Å². The molecule has 1 unspecified atom stereocenters. The Morgan fingerprint density at radius 3 is 2.14 bits per heavy atom. The van der Waals surface area contributed by atoms with Crippen LogP contribution in [0.2, 0.25) is 0 Å². The second-order valence-corrected chi connectivity index (χ2v) is 7.80. The maximum Gasteiger partial charge on any atom is 0.0176 e. The molecule has 0 saturated carbocycles. The monoisotopic (exact) mass is 371 g/mol. The average molecular weight is 372 g/mol. The van der Waals surface area contributed by atoms with Gasteiger partial charge in [-0.05, 0) is 30.7 Å². The molecule has 2 N–H and O–H groups in total. The zero-order valence-corrected chi connectivity index (χ0v) is 15.7. The van der Waals surface area contributed by atoms with Crippen LogP contribution in [-0.4, -0.2) is 11.8 Å². The fraction of sp³-hybridized carbons (Fsp3) is 0.667. The van der Waals surface area contributed by atoms with E-state index in [0.717, 1.165) is 10.2 Å². The highest BCUT2D eigenvalue weighted by Gasteiger charge is 2.03. The van der Waals surface area contributed by atoms with Crippen molar-refractivity contribution < 1.29 is 0 Å². The van der Waals surface area contributed by atoms with Gasteiger partial charge in [0.25, 0.3) is 0 Å².